The Labute approximate surface area is 32.4 Å². The molecule has 1 nitrogen and oxygen atoms in total. The summed E-state index contributed by atoms with van der Waals surface area (Å²) in [6.45, 7) is 0. The molecule has 1 rings (SSSR count). The molecule has 0 bridgehead atoms. The lowest BCUT2D eigenvalue weighted by atomic mass is 10.5. The van der Waals surface area contributed by atoms with Crippen molar-refractivity contribution in [2.75, 3.05) is 0 Å². The van der Waals surface area contributed by atoms with E-state index in [1.807, 2.05) is 0 Å². The van der Waals surface area contributed by atoms with Gasteiger partial charge in [-0.15, -0.1) is 0 Å². The zero-order chi connectivity index (χ0) is 4.62. The minimum absolute atomic E-state index is 0.639. The topological polar surface area (TPSA) is 17.1 Å². The van der Waals surface area contributed by atoms with Gasteiger partial charge in [-0.1, -0.05) is 0 Å². The minimum Gasteiger partial charge on any atom is -0.303 e. The Balaban J connectivity index is 2.47. The van der Waals surface area contributed by atoms with Gasteiger partial charge >= 0.3 is 0 Å². The molecule has 0 amide bonds. The number of hydrogen-bond acceptors (Lipinski definition) is 1. The summed E-state index contributed by atoms with van der Waals surface area (Å²) < 4.78 is 6.92. The molecule has 0 aromatic carbocycles. The van der Waals surface area contributed by atoms with E-state index in [9.17, 15) is 4.79 Å². The van der Waals surface area contributed by atoms with Crippen LogP contribution in [0.15, 0.2) is 0 Å². The van der Waals surface area contributed by atoms with Crippen molar-refractivity contribution in [3.63, 3.8) is 0 Å². The second kappa shape index (κ2) is 0.814. The van der Waals surface area contributed by atoms with Gasteiger partial charge in [0.15, 0.2) is 0 Å². The first-order valence-corrected chi connectivity index (χ1v) is 1.73. The Kier molecular flexibility index (Phi) is 0.318. The van der Waals surface area contributed by atoms with Crippen LogP contribution in [0.2, 0.25) is 0 Å². The fourth-order valence-electron chi connectivity index (χ4n) is 0.190. The van der Waals surface area contributed by atoms with Crippen LogP contribution in [0.3, 0.4) is 0 Å². The van der Waals surface area contributed by atoms with Crippen molar-refractivity contribution in [1.82, 2.24) is 0 Å². The maximum Gasteiger partial charge on any atom is 0.123 e. The van der Waals surface area contributed by atoms with Crippen LogP contribution in [0, 0.1) is 5.89 Å². The smallest absolute Gasteiger partial charge is 0.123 e. The minimum atomic E-state index is -0.639. The van der Waals surface area contributed by atoms with Gasteiger partial charge in [0.25, 0.3) is 0 Å². The van der Waals surface area contributed by atoms with Gasteiger partial charge in [-0.2, -0.15) is 0 Å². The first kappa shape index (κ1) is 1.96. The summed E-state index contributed by atoms with van der Waals surface area (Å²) in [6, 6.07) is 0. The third-order valence-electron chi connectivity index (χ3n) is 0.705. The molecule has 0 N–H and O–H groups in total. The van der Waals surface area contributed by atoms with E-state index in [1.54, 1.807) is 0 Å². The Hall–Kier alpha value is -0.330. The molecule has 28 valence electrons. The summed E-state index contributed by atoms with van der Waals surface area (Å²) >= 11 is 0. The molecule has 1 aliphatic carbocycles. The molecule has 0 radical (unpaired) electrons. The van der Waals surface area contributed by atoms with Crippen molar-refractivity contribution in [3.8, 4) is 0 Å². The van der Waals surface area contributed by atoms with E-state index in [-0.39, 0.29) is 0 Å². The lowest BCUT2D eigenvalue weighted by Crippen LogP contribution is -1.66. The van der Waals surface area contributed by atoms with Gasteiger partial charge in [-0.3, -0.25) is 0 Å². The molecule has 0 saturated heterocycles. The zero-order valence-electron chi connectivity index (χ0n) is 3.90. The molecule has 0 unspecified atom stereocenters. The van der Waals surface area contributed by atoms with Crippen LogP contribution in [0.1, 0.15) is 14.2 Å². The van der Waals surface area contributed by atoms with Crippen molar-refractivity contribution < 1.29 is 6.17 Å². The third kappa shape index (κ3) is 0.469. The molecule has 0 atom stereocenters. The lowest BCUT2D eigenvalue weighted by molar-refractivity contribution is -0.108. The van der Waals surface area contributed by atoms with Crippen LogP contribution in [-0.2, 0) is 4.79 Å². The van der Waals surface area contributed by atoms with Gasteiger partial charge < -0.3 is 4.79 Å². The second-order valence-corrected chi connectivity index (χ2v) is 1.28. The Morgan fingerprint density at radius 1 is 2.00 bits per heavy atom. The summed E-state index contributed by atoms with van der Waals surface area (Å²) in [7, 11) is 0. The van der Waals surface area contributed by atoms with Gasteiger partial charge in [0, 0.05) is 7.26 Å². The normalized spacial score (nSPS) is 31.6. The van der Waals surface area contributed by atoms with Crippen LogP contribution in [0.5, 0.6) is 0 Å². The van der Waals surface area contributed by atoms with Crippen LogP contribution >= 0.6 is 0 Å². The van der Waals surface area contributed by atoms with E-state index in [1.165, 1.54) is 0 Å². The zero-order valence-corrected chi connectivity index (χ0v) is 2.90. The summed E-state index contributed by atoms with van der Waals surface area (Å²) in [5.41, 5.74) is 0. The molecule has 1 aliphatic rings. The lowest BCUT2D eigenvalue weighted by Gasteiger charge is -1.56. The van der Waals surface area contributed by atoms with E-state index in [2.05, 4.69) is 0 Å². The SMILES string of the molecule is [2H]C1(C=O)CC1. The van der Waals surface area contributed by atoms with Crippen LogP contribution in [0.4, 0.5) is 0 Å². The van der Waals surface area contributed by atoms with Crippen LogP contribution in [-0.4, -0.2) is 6.29 Å². The number of rotatable bonds is 1. The molecular weight excluding hydrogens is 64.0 g/mol. The van der Waals surface area contributed by atoms with E-state index < -0.39 is 5.89 Å². The predicted molar refractivity (Wildman–Crippen MR) is 18.8 cm³/mol. The molecule has 0 aromatic rings. The molecule has 0 aromatic heterocycles. The highest BCUT2D eigenvalue weighted by Crippen LogP contribution is 2.25. The monoisotopic (exact) mass is 71.0 g/mol. The van der Waals surface area contributed by atoms with Crippen LogP contribution < -0.4 is 0 Å². The summed E-state index contributed by atoms with van der Waals surface area (Å²) in [5.74, 6) is -0.639. The Morgan fingerprint density at radius 3 is 2.60 bits per heavy atom. The highest BCUT2D eigenvalue weighted by atomic mass is 16.1. The summed E-state index contributed by atoms with van der Waals surface area (Å²) in [5, 5.41) is 0. The van der Waals surface area contributed by atoms with E-state index in [0.717, 1.165) is 12.8 Å². The average molecular weight is 71.1 g/mol. The maximum absolute atomic E-state index is 9.70. The Bertz CT molecular complexity index is 75.6. The molecule has 1 heteroatoms. The summed E-state index contributed by atoms with van der Waals surface area (Å²) in [6.07, 6.45) is 2.26. The summed E-state index contributed by atoms with van der Waals surface area (Å²) in [4.78, 5) is 9.70. The quantitative estimate of drug-likeness (QED) is 0.413. The number of carbonyl (C=O) groups is 1. The fraction of sp³-hybridized carbons (Fsp3) is 0.750. The van der Waals surface area contributed by atoms with Gasteiger partial charge in [0.2, 0.25) is 0 Å². The van der Waals surface area contributed by atoms with Gasteiger partial charge in [0.05, 0.1) is 0 Å². The number of carbonyl (C=O) groups excluding carboxylic acids is 1. The molecule has 0 heterocycles. The molecule has 1 saturated carbocycles. The largest absolute Gasteiger partial charge is 0.303 e. The number of hydrogen-bond donors (Lipinski definition) is 0. The van der Waals surface area contributed by atoms with Gasteiger partial charge in [-0.25, -0.2) is 0 Å². The molecule has 0 aliphatic heterocycles. The number of aldehydes is 1. The maximum atomic E-state index is 9.70. The molecular formula is C4H6O. The van der Waals surface area contributed by atoms with Crippen molar-refractivity contribution >= 4 is 6.29 Å². The van der Waals surface area contributed by atoms with Gasteiger partial charge in [-0.05, 0) is 12.8 Å². The Morgan fingerprint density at radius 2 is 2.60 bits per heavy atom. The molecule has 1 fully saturated rings. The van der Waals surface area contributed by atoms with Crippen molar-refractivity contribution in [2.24, 2.45) is 5.89 Å². The van der Waals surface area contributed by atoms with Crippen molar-refractivity contribution in [3.05, 3.63) is 0 Å². The highest BCUT2D eigenvalue weighted by molar-refractivity contribution is 5.56. The van der Waals surface area contributed by atoms with Crippen LogP contribution in [0.25, 0.3) is 0 Å². The van der Waals surface area contributed by atoms with E-state index in [4.69, 9.17) is 1.37 Å². The first-order valence-electron chi connectivity index (χ1n) is 2.23. The fourth-order valence-corrected chi connectivity index (χ4v) is 0.190. The van der Waals surface area contributed by atoms with E-state index >= 15 is 0 Å². The van der Waals surface area contributed by atoms with E-state index in [0.29, 0.717) is 6.29 Å². The average Bonchev–Trinajstić information content (AvgIpc) is 2.22. The standard InChI is InChI=1S/C4H6O/c5-3-4-1-2-4/h3-4H,1-2H2/i4D. The first-order chi connectivity index (χ1) is 2.77. The van der Waals surface area contributed by atoms with Crippen molar-refractivity contribution in [2.45, 2.75) is 12.8 Å². The third-order valence-corrected chi connectivity index (χ3v) is 0.705. The molecule has 5 heavy (non-hydrogen) atoms. The second-order valence-electron chi connectivity index (χ2n) is 1.28. The highest BCUT2D eigenvalue weighted by Gasteiger charge is 2.18. The predicted octanol–water partition coefficient (Wildman–Crippen LogP) is 0.595. The van der Waals surface area contributed by atoms with Gasteiger partial charge in [0.1, 0.15) is 6.29 Å². The van der Waals surface area contributed by atoms with Crippen molar-refractivity contribution in [1.29, 1.82) is 0 Å². The molecule has 0 spiro atoms.